The van der Waals surface area contributed by atoms with Crippen LogP contribution in [-0.2, 0) is 14.8 Å². The summed E-state index contributed by atoms with van der Waals surface area (Å²) in [5.41, 5.74) is 0.449. The number of piperazine rings is 1. The summed E-state index contributed by atoms with van der Waals surface area (Å²) in [5, 5.41) is 8.15. The minimum atomic E-state index is -3.84. The summed E-state index contributed by atoms with van der Waals surface area (Å²) >= 11 is 0. The van der Waals surface area contributed by atoms with Crippen molar-refractivity contribution in [2.75, 3.05) is 25.0 Å². The maximum Gasteiger partial charge on any atom is 0.255 e. The van der Waals surface area contributed by atoms with Gasteiger partial charge in [-0.2, -0.15) is 4.31 Å². The Bertz CT molecular complexity index is 1140. The molecule has 0 radical (unpaired) electrons. The Morgan fingerprint density at radius 1 is 1.00 bits per heavy atom. The summed E-state index contributed by atoms with van der Waals surface area (Å²) in [7, 11) is -3.84. The third-order valence-corrected chi connectivity index (χ3v) is 6.53. The van der Waals surface area contributed by atoms with E-state index in [9.17, 15) is 22.8 Å². The Balaban J connectivity index is 1.76. The van der Waals surface area contributed by atoms with Crippen LogP contribution in [0.2, 0.25) is 0 Å². The molecule has 2 aromatic rings. The molecule has 0 spiro atoms. The number of rotatable bonds is 5. The van der Waals surface area contributed by atoms with E-state index in [1.54, 1.807) is 24.3 Å². The van der Waals surface area contributed by atoms with Crippen molar-refractivity contribution < 1.29 is 22.8 Å². The highest BCUT2D eigenvalue weighted by Crippen LogP contribution is 2.20. The van der Waals surface area contributed by atoms with Crippen LogP contribution in [0.4, 0.5) is 5.69 Å². The molecule has 1 aliphatic rings. The number of anilines is 1. The standard InChI is InChI=1S/C22H26N4O5S/c1-22(2,3)25-21(29)17-6-4-5-7-18(17)24-20(28)15-8-10-16(11-9-15)32(30,31)26-13-12-23-19(27)14-26/h4-11H,12-14H2,1-3H3,(H,23,27)(H,24,28)(H,25,29). The molecule has 0 aromatic heterocycles. The lowest BCUT2D eigenvalue weighted by molar-refractivity contribution is -0.122. The molecule has 0 bridgehead atoms. The van der Waals surface area contributed by atoms with Crippen LogP contribution in [0.5, 0.6) is 0 Å². The Kier molecular flexibility index (Phi) is 6.65. The maximum absolute atomic E-state index is 12.7. The number of hydrogen-bond donors (Lipinski definition) is 3. The molecule has 1 aliphatic heterocycles. The van der Waals surface area contributed by atoms with Gasteiger partial charge in [-0.1, -0.05) is 12.1 Å². The van der Waals surface area contributed by atoms with Gasteiger partial charge in [-0.25, -0.2) is 8.42 Å². The van der Waals surface area contributed by atoms with E-state index >= 15 is 0 Å². The second-order valence-electron chi connectivity index (χ2n) is 8.42. The van der Waals surface area contributed by atoms with Crippen molar-refractivity contribution in [3.63, 3.8) is 0 Å². The van der Waals surface area contributed by atoms with Crippen molar-refractivity contribution >= 4 is 33.4 Å². The zero-order valence-corrected chi connectivity index (χ0v) is 19.0. The molecule has 1 fully saturated rings. The smallest absolute Gasteiger partial charge is 0.255 e. The van der Waals surface area contributed by atoms with Gasteiger partial charge in [0, 0.05) is 24.2 Å². The topological polar surface area (TPSA) is 125 Å². The van der Waals surface area contributed by atoms with Crippen LogP contribution < -0.4 is 16.0 Å². The molecule has 2 aromatic carbocycles. The van der Waals surface area contributed by atoms with Crippen LogP contribution in [0.1, 0.15) is 41.5 Å². The van der Waals surface area contributed by atoms with E-state index in [1.807, 2.05) is 20.8 Å². The lowest BCUT2D eigenvalue weighted by atomic mass is 10.1. The van der Waals surface area contributed by atoms with Crippen molar-refractivity contribution in [1.29, 1.82) is 0 Å². The summed E-state index contributed by atoms with van der Waals surface area (Å²) in [4.78, 5) is 36.8. The molecule has 1 saturated heterocycles. The number of carbonyl (C=O) groups is 3. The fourth-order valence-electron chi connectivity index (χ4n) is 3.14. The molecule has 1 heterocycles. The second kappa shape index (κ2) is 9.09. The van der Waals surface area contributed by atoms with E-state index in [1.165, 1.54) is 24.3 Å². The zero-order valence-electron chi connectivity index (χ0n) is 18.1. The zero-order chi connectivity index (χ0) is 23.5. The number of para-hydroxylation sites is 1. The molecule has 3 amide bonds. The summed E-state index contributed by atoms with van der Waals surface area (Å²) in [6, 6.07) is 12.1. The van der Waals surface area contributed by atoms with Crippen LogP contribution in [0.25, 0.3) is 0 Å². The first-order valence-corrected chi connectivity index (χ1v) is 11.5. The fourth-order valence-corrected chi connectivity index (χ4v) is 4.54. The van der Waals surface area contributed by atoms with Gasteiger partial charge in [0.2, 0.25) is 15.9 Å². The van der Waals surface area contributed by atoms with Crippen LogP contribution in [0.15, 0.2) is 53.4 Å². The largest absolute Gasteiger partial charge is 0.354 e. The summed E-state index contributed by atoms with van der Waals surface area (Å²) in [6.07, 6.45) is 0. The predicted octanol–water partition coefficient (Wildman–Crippen LogP) is 1.59. The van der Waals surface area contributed by atoms with E-state index in [0.29, 0.717) is 11.3 Å². The molecule has 3 rings (SSSR count). The van der Waals surface area contributed by atoms with E-state index < -0.39 is 21.5 Å². The van der Waals surface area contributed by atoms with Gasteiger partial charge in [-0.05, 0) is 57.2 Å². The number of benzene rings is 2. The SMILES string of the molecule is CC(C)(C)NC(=O)c1ccccc1NC(=O)c1ccc(S(=O)(=O)N2CCNC(=O)C2)cc1. The molecular weight excluding hydrogens is 432 g/mol. The highest BCUT2D eigenvalue weighted by molar-refractivity contribution is 7.89. The number of sulfonamides is 1. The average molecular weight is 459 g/mol. The second-order valence-corrected chi connectivity index (χ2v) is 10.4. The molecule has 0 aliphatic carbocycles. The number of nitrogens with one attached hydrogen (secondary N) is 3. The summed E-state index contributed by atoms with van der Waals surface area (Å²) in [6.45, 7) is 5.77. The molecule has 0 saturated carbocycles. The Morgan fingerprint density at radius 2 is 1.66 bits per heavy atom. The van der Waals surface area contributed by atoms with Gasteiger partial charge in [0.1, 0.15) is 0 Å². The Labute approximate surface area is 187 Å². The molecule has 0 atom stereocenters. The van der Waals surface area contributed by atoms with Gasteiger partial charge in [0.05, 0.1) is 22.7 Å². The highest BCUT2D eigenvalue weighted by Gasteiger charge is 2.29. The Morgan fingerprint density at radius 3 is 2.28 bits per heavy atom. The molecule has 3 N–H and O–H groups in total. The van der Waals surface area contributed by atoms with Crippen LogP contribution in [0.3, 0.4) is 0 Å². The molecular formula is C22H26N4O5S. The van der Waals surface area contributed by atoms with Gasteiger partial charge in [-0.15, -0.1) is 0 Å². The van der Waals surface area contributed by atoms with Crippen molar-refractivity contribution in [3.05, 3.63) is 59.7 Å². The van der Waals surface area contributed by atoms with Crippen molar-refractivity contribution in [2.45, 2.75) is 31.2 Å². The van der Waals surface area contributed by atoms with Crippen LogP contribution in [0, 0.1) is 0 Å². The third-order valence-electron chi connectivity index (χ3n) is 4.67. The summed E-state index contributed by atoms with van der Waals surface area (Å²) in [5.74, 6) is -1.16. The number of hydrogen-bond acceptors (Lipinski definition) is 5. The molecule has 170 valence electrons. The lowest BCUT2D eigenvalue weighted by Gasteiger charge is -2.25. The minimum Gasteiger partial charge on any atom is -0.354 e. The molecule has 32 heavy (non-hydrogen) atoms. The minimum absolute atomic E-state index is 0.00583. The lowest BCUT2D eigenvalue weighted by Crippen LogP contribution is -2.49. The van der Waals surface area contributed by atoms with Gasteiger partial charge in [0.25, 0.3) is 11.8 Å². The van der Waals surface area contributed by atoms with Gasteiger partial charge in [0.15, 0.2) is 0 Å². The maximum atomic E-state index is 12.7. The number of carbonyl (C=O) groups excluding carboxylic acids is 3. The van der Waals surface area contributed by atoms with Crippen molar-refractivity contribution in [2.24, 2.45) is 0 Å². The molecule has 10 heteroatoms. The first kappa shape index (κ1) is 23.4. The van der Waals surface area contributed by atoms with Gasteiger partial charge >= 0.3 is 0 Å². The summed E-state index contributed by atoms with van der Waals surface area (Å²) < 4.78 is 26.6. The van der Waals surface area contributed by atoms with E-state index in [4.69, 9.17) is 0 Å². The third kappa shape index (κ3) is 5.51. The van der Waals surface area contributed by atoms with Crippen molar-refractivity contribution in [3.8, 4) is 0 Å². The first-order chi connectivity index (χ1) is 15.0. The van der Waals surface area contributed by atoms with Gasteiger partial charge in [-0.3, -0.25) is 14.4 Å². The molecule has 0 unspecified atom stereocenters. The normalized spacial score (nSPS) is 15.0. The van der Waals surface area contributed by atoms with Crippen LogP contribution in [-0.4, -0.2) is 55.6 Å². The number of amides is 3. The van der Waals surface area contributed by atoms with Crippen molar-refractivity contribution in [1.82, 2.24) is 14.9 Å². The quantitative estimate of drug-likeness (QED) is 0.628. The highest BCUT2D eigenvalue weighted by atomic mass is 32.2. The van der Waals surface area contributed by atoms with E-state index in [2.05, 4.69) is 16.0 Å². The monoisotopic (exact) mass is 458 g/mol. The average Bonchev–Trinajstić information content (AvgIpc) is 2.73. The first-order valence-electron chi connectivity index (χ1n) is 10.1. The van der Waals surface area contributed by atoms with E-state index in [0.717, 1.165) is 4.31 Å². The predicted molar refractivity (Wildman–Crippen MR) is 120 cm³/mol. The van der Waals surface area contributed by atoms with E-state index in [-0.39, 0.29) is 41.9 Å². The van der Waals surface area contributed by atoms with Crippen LogP contribution >= 0.6 is 0 Å². The number of nitrogens with zero attached hydrogens (tertiary/aromatic N) is 1. The Hall–Kier alpha value is -3.24. The van der Waals surface area contributed by atoms with Gasteiger partial charge < -0.3 is 16.0 Å². The molecule has 9 nitrogen and oxygen atoms in total. The fraction of sp³-hybridized carbons (Fsp3) is 0.318.